The van der Waals surface area contributed by atoms with Gasteiger partial charge in [-0.1, -0.05) is 5.16 Å². The Labute approximate surface area is 171 Å². The number of oxime groups is 1. The first kappa shape index (κ1) is 21.4. The van der Waals surface area contributed by atoms with Crippen LogP contribution in [0.3, 0.4) is 0 Å². The van der Waals surface area contributed by atoms with Crippen molar-refractivity contribution in [3.05, 3.63) is 41.2 Å². The number of nitrogens with zero attached hydrogens (tertiary/aromatic N) is 5. The molecule has 0 N–H and O–H groups in total. The fourth-order valence-corrected chi connectivity index (χ4v) is 3.22. The highest BCUT2D eigenvalue weighted by Gasteiger charge is 2.16. The van der Waals surface area contributed by atoms with Crippen molar-refractivity contribution in [2.45, 2.75) is 27.1 Å². The number of hydrogen-bond donors (Lipinski definition) is 0. The SMILES string of the molecule is CC(=NOc1nc(OC(F)F)cc(OC(F)F)n1)c1sc(-c2cccnc2)nc1C. The number of aryl methyl sites for hydroxylation is 1. The highest BCUT2D eigenvalue weighted by atomic mass is 32.1. The van der Waals surface area contributed by atoms with Gasteiger partial charge in [-0.2, -0.15) is 27.5 Å². The largest absolute Gasteiger partial charge is 0.417 e. The quantitative estimate of drug-likeness (QED) is 0.291. The topological polar surface area (TPSA) is 91.6 Å². The maximum Gasteiger partial charge on any atom is 0.388 e. The minimum Gasteiger partial charge on any atom is -0.417 e. The molecule has 0 spiro atoms. The number of hydrogen-bond acceptors (Lipinski definition) is 9. The molecule has 0 aromatic carbocycles. The Morgan fingerprint density at radius 2 is 1.73 bits per heavy atom. The summed E-state index contributed by atoms with van der Waals surface area (Å²) in [6, 6.07) is 3.69. The third-order valence-electron chi connectivity index (χ3n) is 3.38. The van der Waals surface area contributed by atoms with Gasteiger partial charge in [0.2, 0.25) is 11.8 Å². The Morgan fingerprint density at radius 1 is 1.07 bits per heavy atom. The Hall–Kier alpha value is -3.35. The van der Waals surface area contributed by atoms with E-state index in [1.54, 1.807) is 32.3 Å². The molecule has 0 atom stereocenters. The van der Waals surface area contributed by atoms with Gasteiger partial charge in [-0.3, -0.25) is 4.98 Å². The molecule has 0 aliphatic carbocycles. The van der Waals surface area contributed by atoms with Gasteiger partial charge >= 0.3 is 19.2 Å². The van der Waals surface area contributed by atoms with E-state index in [9.17, 15) is 17.6 Å². The molecule has 30 heavy (non-hydrogen) atoms. The van der Waals surface area contributed by atoms with Crippen LogP contribution in [0.5, 0.6) is 17.8 Å². The zero-order valence-electron chi connectivity index (χ0n) is 15.4. The standard InChI is InChI=1S/C17H13F4N5O3S/c1-8-13(30-14(23-8)10-4-3-5-22-7-10)9(2)26-29-17-24-11(27-15(18)19)6-12(25-17)28-16(20)21/h3-7,15-16H,1-2H3. The van der Waals surface area contributed by atoms with Crippen LogP contribution in [0.15, 0.2) is 35.7 Å². The van der Waals surface area contributed by atoms with E-state index in [2.05, 4.69) is 34.6 Å². The summed E-state index contributed by atoms with van der Waals surface area (Å²) in [5, 5.41) is 4.54. The average molecular weight is 443 g/mol. The van der Waals surface area contributed by atoms with Crippen LogP contribution >= 0.6 is 11.3 Å². The van der Waals surface area contributed by atoms with E-state index in [1.807, 2.05) is 6.07 Å². The van der Waals surface area contributed by atoms with E-state index >= 15 is 0 Å². The number of thiazole rings is 1. The first-order chi connectivity index (χ1) is 14.3. The number of halogens is 4. The fraction of sp³-hybridized carbons (Fsp3) is 0.235. The molecular formula is C17H13F4N5O3S. The molecule has 0 fully saturated rings. The molecule has 13 heteroatoms. The molecule has 0 amide bonds. The normalized spacial score (nSPS) is 11.8. The molecule has 0 saturated heterocycles. The maximum absolute atomic E-state index is 12.4. The number of ether oxygens (including phenoxy) is 2. The molecule has 0 aliphatic rings. The van der Waals surface area contributed by atoms with Gasteiger partial charge in [-0.05, 0) is 26.0 Å². The van der Waals surface area contributed by atoms with Crippen molar-refractivity contribution in [1.29, 1.82) is 0 Å². The van der Waals surface area contributed by atoms with E-state index in [1.165, 1.54) is 11.3 Å². The van der Waals surface area contributed by atoms with Crippen molar-refractivity contribution in [2.24, 2.45) is 5.16 Å². The lowest BCUT2D eigenvalue weighted by Crippen LogP contribution is -2.09. The van der Waals surface area contributed by atoms with Crippen LogP contribution < -0.4 is 14.3 Å². The van der Waals surface area contributed by atoms with Gasteiger partial charge in [-0.25, -0.2) is 4.98 Å². The third kappa shape index (κ3) is 5.59. The third-order valence-corrected chi connectivity index (χ3v) is 4.69. The zero-order chi connectivity index (χ0) is 21.7. The monoisotopic (exact) mass is 443 g/mol. The molecule has 0 radical (unpaired) electrons. The minimum absolute atomic E-state index is 0.375. The van der Waals surface area contributed by atoms with E-state index < -0.39 is 31.0 Å². The van der Waals surface area contributed by atoms with E-state index in [4.69, 9.17) is 4.84 Å². The van der Waals surface area contributed by atoms with Gasteiger partial charge in [0.1, 0.15) is 5.01 Å². The second kappa shape index (κ2) is 9.43. The molecule has 158 valence electrons. The molecule has 3 aromatic heterocycles. The Balaban J connectivity index is 1.83. The molecule has 0 aliphatic heterocycles. The van der Waals surface area contributed by atoms with E-state index in [0.717, 1.165) is 5.56 Å². The Bertz CT molecular complexity index is 1010. The van der Waals surface area contributed by atoms with Crippen molar-refractivity contribution in [1.82, 2.24) is 19.9 Å². The van der Waals surface area contributed by atoms with Gasteiger partial charge in [0, 0.05) is 18.0 Å². The van der Waals surface area contributed by atoms with Gasteiger partial charge < -0.3 is 14.3 Å². The van der Waals surface area contributed by atoms with Crippen molar-refractivity contribution in [2.75, 3.05) is 0 Å². The lowest BCUT2D eigenvalue weighted by molar-refractivity contribution is -0.0587. The van der Waals surface area contributed by atoms with Crippen molar-refractivity contribution in [3.63, 3.8) is 0 Å². The van der Waals surface area contributed by atoms with Crippen molar-refractivity contribution in [3.8, 4) is 28.3 Å². The fourth-order valence-electron chi connectivity index (χ4n) is 2.22. The molecule has 0 unspecified atom stereocenters. The summed E-state index contributed by atoms with van der Waals surface area (Å²) < 4.78 is 57.9. The zero-order valence-corrected chi connectivity index (χ0v) is 16.2. The van der Waals surface area contributed by atoms with Crippen LogP contribution in [-0.4, -0.2) is 38.9 Å². The van der Waals surface area contributed by atoms with E-state index in [0.29, 0.717) is 27.4 Å². The first-order valence-corrected chi connectivity index (χ1v) is 9.02. The summed E-state index contributed by atoms with van der Waals surface area (Å²) in [7, 11) is 0. The summed E-state index contributed by atoms with van der Waals surface area (Å²) >= 11 is 1.33. The van der Waals surface area contributed by atoms with E-state index in [-0.39, 0.29) is 0 Å². The molecule has 3 aromatic rings. The van der Waals surface area contributed by atoms with Gasteiger partial charge in [0.25, 0.3) is 0 Å². The summed E-state index contributed by atoms with van der Waals surface area (Å²) in [6.07, 6.45) is 3.31. The number of pyridine rings is 1. The average Bonchev–Trinajstić information content (AvgIpc) is 3.07. The molecule has 0 bridgehead atoms. The highest BCUT2D eigenvalue weighted by molar-refractivity contribution is 7.17. The molecule has 8 nitrogen and oxygen atoms in total. The van der Waals surface area contributed by atoms with Crippen LogP contribution in [0, 0.1) is 6.92 Å². The van der Waals surface area contributed by atoms with Crippen LogP contribution in [0.25, 0.3) is 10.6 Å². The smallest absolute Gasteiger partial charge is 0.388 e. The van der Waals surface area contributed by atoms with Crippen LogP contribution in [0.2, 0.25) is 0 Å². The lowest BCUT2D eigenvalue weighted by atomic mass is 10.3. The summed E-state index contributed by atoms with van der Waals surface area (Å²) in [6.45, 7) is -3.08. The Kier molecular flexibility index (Phi) is 6.72. The molecular weight excluding hydrogens is 430 g/mol. The van der Waals surface area contributed by atoms with Crippen LogP contribution in [0.4, 0.5) is 17.6 Å². The lowest BCUT2D eigenvalue weighted by Gasteiger charge is -2.08. The number of rotatable bonds is 8. The second-order valence-electron chi connectivity index (χ2n) is 5.53. The molecule has 3 heterocycles. The molecule has 0 saturated carbocycles. The minimum atomic E-state index is -3.23. The van der Waals surface area contributed by atoms with Crippen LogP contribution in [0.1, 0.15) is 17.5 Å². The van der Waals surface area contributed by atoms with Gasteiger partial charge in [0.15, 0.2) is 0 Å². The summed E-state index contributed by atoms with van der Waals surface area (Å²) in [5.74, 6) is -1.43. The summed E-state index contributed by atoms with van der Waals surface area (Å²) in [5.41, 5.74) is 1.86. The van der Waals surface area contributed by atoms with Crippen molar-refractivity contribution >= 4 is 17.0 Å². The summed E-state index contributed by atoms with van der Waals surface area (Å²) in [4.78, 5) is 21.3. The van der Waals surface area contributed by atoms with Crippen LogP contribution in [-0.2, 0) is 0 Å². The predicted molar refractivity (Wildman–Crippen MR) is 98.2 cm³/mol. The highest BCUT2D eigenvalue weighted by Crippen LogP contribution is 2.28. The number of alkyl halides is 4. The number of aromatic nitrogens is 4. The van der Waals surface area contributed by atoms with Gasteiger partial charge in [0.05, 0.1) is 22.3 Å². The second-order valence-corrected chi connectivity index (χ2v) is 6.53. The molecule has 3 rings (SSSR count). The Morgan fingerprint density at radius 3 is 2.30 bits per heavy atom. The predicted octanol–water partition coefficient (Wildman–Crippen LogP) is 4.31. The van der Waals surface area contributed by atoms with Gasteiger partial charge in [-0.15, -0.1) is 11.3 Å². The maximum atomic E-state index is 12.4. The first-order valence-electron chi connectivity index (χ1n) is 8.20. The van der Waals surface area contributed by atoms with Crippen molar-refractivity contribution < 1.29 is 31.9 Å².